The molecule has 0 fully saturated rings. The van der Waals surface area contributed by atoms with Crippen LogP contribution in [0.2, 0.25) is 0 Å². The third kappa shape index (κ3) is 3.79. The van der Waals surface area contributed by atoms with E-state index in [-0.39, 0.29) is 5.90 Å². The molecule has 0 atom stereocenters. The number of amides is 2. The van der Waals surface area contributed by atoms with Crippen LogP contribution < -0.4 is 11.2 Å². The van der Waals surface area contributed by atoms with Crippen LogP contribution in [0.4, 0.5) is 4.79 Å². The van der Waals surface area contributed by atoms with Gasteiger partial charge in [-0.05, 0) is 12.1 Å². The molecule has 0 saturated heterocycles. The fourth-order valence-corrected chi connectivity index (χ4v) is 0.969. The number of hydrogen-bond donors (Lipinski definition) is 2. The van der Waals surface area contributed by atoms with Gasteiger partial charge in [0, 0.05) is 12.5 Å². The van der Waals surface area contributed by atoms with E-state index < -0.39 is 12.0 Å². The molecule has 0 bridgehead atoms. The lowest BCUT2D eigenvalue weighted by Gasteiger charge is -2.05. The topological polar surface area (TPSA) is 93.8 Å². The van der Waals surface area contributed by atoms with Gasteiger partial charge in [-0.2, -0.15) is 0 Å². The minimum atomic E-state index is -0.833. The van der Waals surface area contributed by atoms with Crippen LogP contribution in [-0.2, 0) is 9.53 Å². The molecule has 6 nitrogen and oxygen atoms in total. The average Bonchev–Trinajstić information content (AvgIpc) is 2.25. The van der Waals surface area contributed by atoms with Crippen LogP contribution in [0.25, 0.3) is 0 Å². The molecule has 0 saturated carbocycles. The fourth-order valence-electron chi connectivity index (χ4n) is 0.969. The Balaban J connectivity index is 2.91. The first-order valence-electron chi connectivity index (χ1n) is 4.46. The van der Waals surface area contributed by atoms with Gasteiger partial charge < -0.3 is 10.5 Å². The predicted molar refractivity (Wildman–Crippen MR) is 57.5 cm³/mol. The number of rotatable bonds is 2. The Kier molecular flexibility index (Phi) is 4.02. The maximum atomic E-state index is 10.8. The number of esters is 1. The van der Waals surface area contributed by atoms with E-state index in [9.17, 15) is 9.59 Å². The lowest BCUT2D eigenvalue weighted by atomic mass is 10.2. The third-order valence-corrected chi connectivity index (χ3v) is 1.53. The highest BCUT2D eigenvalue weighted by Gasteiger charge is 2.07. The monoisotopic (exact) mass is 221 g/mol. The highest BCUT2D eigenvalue weighted by atomic mass is 16.5. The van der Waals surface area contributed by atoms with E-state index in [1.54, 1.807) is 30.3 Å². The summed E-state index contributed by atoms with van der Waals surface area (Å²) in [7, 11) is 0. The van der Waals surface area contributed by atoms with Gasteiger partial charge in [0.25, 0.3) is 0 Å². The van der Waals surface area contributed by atoms with Crippen molar-refractivity contribution in [1.82, 2.24) is 5.43 Å². The quantitative estimate of drug-likeness (QED) is 0.331. The van der Waals surface area contributed by atoms with E-state index in [1.165, 1.54) is 6.92 Å². The van der Waals surface area contributed by atoms with Crippen molar-refractivity contribution >= 4 is 17.9 Å². The van der Waals surface area contributed by atoms with Gasteiger partial charge in [-0.15, -0.1) is 5.10 Å². The summed E-state index contributed by atoms with van der Waals surface area (Å²) in [5.41, 5.74) is 7.41. The molecule has 0 spiro atoms. The zero-order valence-electron chi connectivity index (χ0n) is 8.64. The van der Waals surface area contributed by atoms with Crippen LogP contribution in [-0.4, -0.2) is 17.9 Å². The van der Waals surface area contributed by atoms with Crippen LogP contribution >= 0.6 is 0 Å². The second-order valence-electron chi connectivity index (χ2n) is 2.85. The second kappa shape index (κ2) is 5.50. The lowest BCUT2D eigenvalue weighted by Crippen LogP contribution is -2.27. The summed E-state index contributed by atoms with van der Waals surface area (Å²) in [6.07, 6.45) is 0. The summed E-state index contributed by atoms with van der Waals surface area (Å²) >= 11 is 0. The number of primary amides is 1. The summed E-state index contributed by atoms with van der Waals surface area (Å²) in [5.74, 6) is -0.541. The Hall–Kier alpha value is -2.37. The van der Waals surface area contributed by atoms with Crippen molar-refractivity contribution in [3.63, 3.8) is 0 Å². The zero-order valence-corrected chi connectivity index (χ0v) is 8.64. The largest absolute Gasteiger partial charge is 0.405 e. The summed E-state index contributed by atoms with van der Waals surface area (Å²) in [6, 6.07) is 7.84. The molecular formula is C10H11N3O3. The van der Waals surface area contributed by atoms with Crippen molar-refractivity contribution in [3.05, 3.63) is 35.9 Å². The van der Waals surface area contributed by atoms with Crippen molar-refractivity contribution < 1.29 is 14.3 Å². The Morgan fingerprint density at radius 3 is 2.44 bits per heavy atom. The molecule has 84 valence electrons. The number of carbonyl (C=O) groups excluding carboxylic acids is 2. The minimum absolute atomic E-state index is 0.00750. The predicted octanol–water partition coefficient (Wildman–Crippen LogP) is 0.580. The molecule has 6 heteroatoms. The maximum absolute atomic E-state index is 10.8. The molecule has 0 unspecified atom stereocenters. The Bertz CT molecular complexity index is 415. The average molecular weight is 221 g/mol. The van der Waals surface area contributed by atoms with Crippen LogP contribution in [0.1, 0.15) is 12.5 Å². The minimum Gasteiger partial charge on any atom is -0.405 e. The van der Waals surface area contributed by atoms with Crippen molar-refractivity contribution in [3.8, 4) is 0 Å². The molecule has 2 amide bonds. The summed E-state index contributed by atoms with van der Waals surface area (Å²) in [6.45, 7) is 1.24. The number of nitrogens with zero attached hydrogens (tertiary/aromatic N) is 1. The summed E-state index contributed by atoms with van der Waals surface area (Å²) in [4.78, 5) is 21.3. The molecule has 3 N–H and O–H groups in total. The van der Waals surface area contributed by atoms with Crippen LogP contribution in [0.3, 0.4) is 0 Å². The van der Waals surface area contributed by atoms with Crippen molar-refractivity contribution in [2.45, 2.75) is 6.92 Å². The smallest absolute Gasteiger partial charge is 0.332 e. The molecule has 0 aliphatic rings. The number of urea groups is 1. The number of ether oxygens (including phenoxy) is 1. The molecule has 1 aromatic rings. The number of carbonyl (C=O) groups is 2. The van der Waals surface area contributed by atoms with E-state index in [1.807, 2.05) is 5.43 Å². The zero-order chi connectivity index (χ0) is 12.0. The van der Waals surface area contributed by atoms with E-state index in [4.69, 9.17) is 10.5 Å². The standard InChI is InChI=1S/C10H11N3O3/c1-7(14)16-9(12-13-10(11)15)8-5-3-2-4-6-8/h2-6H,1H3,(H3,11,13,15). The van der Waals surface area contributed by atoms with Crippen LogP contribution in [0, 0.1) is 0 Å². The molecule has 0 heterocycles. The number of nitrogens with two attached hydrogens (primary N) is 1. The first-order valence-corrected chi connectivity index (χ1v) is 4.46. The van der Waals surface area contributed by atoms with Gasteiger partial charge >= 0.3 is 12.0 Å². The van der Waals surface area contributed by atoms with Crippen molar-refractivity contribution in [2.75, 3.05) is 0 Å². The SMILES string of the molecule is CC(=O)OC(=NNC(N)=O)c1ccccc1. The number of nitrogens with one attached hydrogen (secondary N) is 1. The molecule has 16 heavy (non-hydrogen) atoms. The van der Waals surface area contributed by atoms with Gasteiger partial charge in [0.2, 0.25) is 5.90 Å². The molecule has 1 aromatic carbocycles. The maximum Gasteiger partial charge on any atom is 0.332 e. The highest BCUT2D eigenvalue weighted by Crippen LogP contribution is 2.02. The number of benzene rings is 1. The number of hydrogen-bond acceptors (Lipinski definition) is 4. The van der Waals surface area contributed by atoms with Crippen LogP contribution in [0.15, 0.2) is 35.4 Å². The van der Waals surface area contributed by atoms with E-state index in [0.717, 1.165) is 0 Å². The molecule has 0 aliphatic heterocycles. The highest BCUT2D eigenvalue weighted by molar-refractivity contribution is 6.00. The first-order chi connectivity index (χ1) is 7.59. The molecule has 0 aliphatic carbocycles. The summed E-state index contributed by atoms with van der Waals surface area (Å²) in [5, 5.41) is 3.58. The van der Waals surface area contributed by atoms with E-state index in [2.05, 4.69) is 5.10 Å². The Morgan fingerprint density at radius 1 is 1.31 bits per heavy atom. The van der Waals surface area contributed by atoms with Crippen molar-refractivity contribution in [2.24, 2.45) is 10.8 Å². The van der Waals surface area contributed by atoms with Gasteiger partial charge in [-0.25, -0.2) is 10.2 Å². The first kappa shape index (κ1) is 11.7. The van der Waals surface area contributed by atoms with Gasteiger partial charge in [0.15, 0.2) is 0 Å². The lowest BCUT2D eigenvalue weighted by molar-refractivity contribution is -0.132. The fraction of sp³-hybridized carbons (Fsp3) is 0.100. The normalized spacial score (nSPS) is 10.7. The third-order valence-electron chi connectivity index (χ3n) is 1.53. The van der Waals surface area contributed by atoms with Crippen molar-refractivity contribution in [1.29, 1.82) is 0 Å². The van der Waals surface area contributed by atoms with Crippen LogP contribution in [0.5, 0.6) is 0 Å². The number of hydrazone groups is 1. The molecule has 0 radical (unpaired) electrons. The van der Waals surface area contributed by atoms with Gasteiger partial charge in [-0.3, -0.25) is 4.79 Å². The van der Waals surface area contributed by atoms with E-state index in [0.29, 0.717) is 5.56 Å². The molecule has 0 aromatic heterocycles. The summed E-state index contributed by atoms with van der Waals surface area (Å²) < 4.78 is 4.83. The molecule has 1 rings (SSSR count). The van der Waals surface area contributed by atoms with Gasteiger partial charge in [-0.1, -0.05) is 18.2 Å². The molecular weight excluding hydrogens is 210 g/mol. The van der Waals surface area contributed by atoms with E-state index >= 15 is 0 Å². The van der Waals surface area contributed by atoms with Gasteiger partial charge in [0.1, 0.15) is 0 Å². The Morgan fingerprint density at radius 2 is 1.94 bits per heavy atom. The van der Waals surface area contributed by atoms with Gasteiger partial charge in [0.05, 0.1) is 0 Å². The Labute approximate surface area is 92.1 Å². The second-order valence-corrected chi connectivity index (χ2v) is 2.85.